The summed E-state index contributed by atoms with van der Waals surface area (Å²) >= 11 is 1.82. The molecule has 6 nitrogen and oxygen atoms in total. The fraction of sp³-hybridized carbons (Fsp3) is 0.409. The van der Waals surface area contributed by atoms with Crippen LogP contribution in [0.3, 0.4) is 0 Å². The Balaban J connectivity index is 1.16. The van der Waals surface area contributed by atoms with E-state index in [1.165, 1.54) is 4.88 Å². The Labute approximate surface area is 174 Å². The minimum absolute atomic E-state index is 0.0111. The summed E-state index contributed by atoms with van der Waals surface area (Å²) in [5, 5.41) is 4.92. The van der Waals surface area contributed by atoms with E-state index in [-0.39, 0.29) is 11.8 Å². The zero-order valence-electron chi connectivity index (χ0n) is 16.2. The van der Waals surface area contributed by atoms with Crippen molar-refractivity contribution in [3.63, 3.8) is 0 Å². The Morgan fingerprint density at radius 1 is 1.24 bits per heavy atom. The summed E-state index contributed by atoms with van der Waals surface area (Å²) in [4.78, 5) is 34.4. The van der Waals surface area contributed by atoms with E-state index in [0.717, 1.165) is 43.9 Å². The highest BCUT2D eigenvalue weighted by Crippen LogP contribution is 2.32. The predicted octanol–water partition coefficient (Wildman–Crippen LogP) is 2.63. The number of thiophene rings is 1. The van der Waals surface area contributed by atoms with Crippen LogP contribution in [0.4, 0.5) is 5.82 Å². The van der Waals surface area contributed by atoms with E-state index in [9.17, 15) is 9.59 Å². The number of nitrogens with zero attached hydrogens (tertiary/aromatic N) is 3. The third-order valence-corrected chi connectivity index (χ3v) is 6.98. The van der Waals surface area contributed by atoms with Gasteiger partial charge in [0, 0.05) is 56.3 Å². The van der Waals surface area contributed by atoms with E-state index in [4.69, 9.17) is 0 Å². The Morgan fingerprint density at radius 2 is 2.07 bits per heavy atom. The van der Waals surface area contributed by atoms with Gasteiger partial charge in [-0.05, 0) is 53.0 Å². The fourth-order valence-electron chi connectivity index (χ4n) is 4.66. The molecule has 7 heteroatoms. The van der Waals surface area contributed by atoms with Crippen molar-refractivity contribution in [1.82, 2.24) is 14.8 Å². The van der Waals surface area contributed by atoms with Crippen molar-refractivity contribution in [3.8, 4) is 0 Å². The number of hydrogen-bond acceptors (Lipinski definition) is 5. The first-order valence-electron chi connectivity index (χ1n) is 10.1. The number of aromatic nitrogens is 1. The zero-order valence-corrected chi connectivity index (χ0v) is 17.0. The molecule has 3 aliphatic rings. The SMILES string of the molecule is O=C1CCc2cc(C=CC(=O)N3C[C@H]4CN(Cc5cccs5)C[C@H]4C3)cnc2N1. The number of aryl methyl sites for hydroxylation is 1. The average molecular weight is 409 g/mol. The molecule has 0 aromatic carbocycles. The van der Waals surface area contributed by atoms with Crippen molar-refractivity contribution in [2.75, 3.05) is 31.5 Å². The summed E-state index contributed by atoms with van der Waals surface area (Å²) in [6, 6.07) is 6.31. The molecule has 5 heterocycles. The Morgan fingerprint density at radius 3 is 2.83 bits per heavy atom. The Kier molecular flexibility index (Phi) is 4.93. The van der Waals surface area contributed by atoms with Gasteiger partial charge in [-0.15, -0.1) is 11.3 Å². The van der Waals surface area contributed by atoms with Gasteiger partial charge in [0.05, 0.1) is 0 Å². The average Bonchev–Trinajstić information content (AvgIpc) is 3.43. The van der Waals surface area contributed by atoms with Crippen LogP contribution >= 0.6 is 11.3 Å². The molecular weight excluding hydrogens is 384 g/mol. The summed E-state index contributed by atoms with van der Waals surface area (Å²) in [6.45, 7) is 4.89. The van der Waals surface area contributed by atoms with Crippen molar-refractivity contribution in [3.05, 3.63) is 51.9 Å². The molecule has 0 unspecified atom stereocenters. The fourth-order valence-corrected chi connectivity index (χ4v) is 5.41. The van der Waals surface area contributed by atoms with Gasteiger partial charge in [0.1, 0.15) is 5.82 Å². The number of likely N-dealkylation sites (tertiary alicyclic amines) is 2. The maximum atomic E-state index is 12.7. The lowest BCUT2D eigenvalue weighted by Gasteiger charge is -2.20. The highest BCUT2D eigenvalue weighted by molar-refractivity contribution is 7.09. The first kappa shape index (κ1) is 18.5. The first-order chi connectivity index (χ1) is 14.1. The lowest BCUT2D eigenvalue weighted by atomic mass is 10.0. The van der Waals surface area contributed by atoms with Gasteiger partial charge in [-0.2, -0.15) is 0 Å². The second kappa shape index (κ2) is 7.72. The number of nitrogens with one attached hydrogen (secondary N) is 1. The molecule has 2 fully saturated rings. The van der Waals surface area contributed by atoms with Gasteiger partial charge in [0.15, 0.2) is 0 Å². The van der Waals surface area contributed by atoms with Gasteiger partial charge < -0.3 is 10.2 Å². The molecule has 2 aromatic rings. The third kappa shape index (κ3) is 3.97. The maximum absolute atomic E-state index is 12.7. The number of amides is 2. The van der Waals surface area contributed by atoms with Gasteiger partial charge in [-0.1, -0.05) is 6.07 Å². The minimum Gasteiger partial charge on any atom is -0.338 e. The molecule has 2 saturated heterocycles. The standard InChI is InChI=1S/C22H24N4O2S/c27-20-5-4-16-8-15(9-23-22(16)24-20)3-6-21(28)26-12-17-10-25(11-18(17)13-26)14-19-2-1-7-29-19/h1-3,6-9,17-18H,4-5,10-14H2,(H,23,24,27)/t17-,18+. The molecule has 150 valence electrons. The van der Waals surface area contributed by atoms with E-state index >= 15 is 0 Å². The number of anilines is 1. The second-order valence-corrected chi connectivity index (χ2v) is 9.23. The molecule has 2 atom stereocenters. The van der Waals surface area contributed by atoms with Crippen molar-refractivity contribution < 1.29 is 9.59 Å². The van der Waals surface area contributed by atoms with Crippen LogP contribution in [-0.2, 0) is 22.6 Å². The van der Waals surface area contributed by atoms with Crippen LogP contribution in [0.15, 0.2) is 35.9 Å². The van der Waals surface area contributed by atoms with Crippen LogP contribution in [0.25, 0.3) is 6.08 Å². The van der Waals surface area contributed by atoms with Crippen molar-refractivity contribution in [1.29, 1.82) is 0 Å². The molecule has 2 aromatic heterocycles. The molecule has 1 N–H and O–H groups in total. The lowest BCUT2D eigenvalue weighted by molar-refractivity contribution is -0.125. The van der Waals surface area contributed by atoms with Gasteiger partial charge >= 0.3 is 0 Å². The monoisotopic (exact) mass is 408 g/mol. The number of rotatable bonds is 4. The first-order valence-corrected chi connectivity index (χ1v) is 11.0. The van der Waals surface area contributed by atoms with Crippen molar-refractivity contribution in [2.24, 2.45) is 11.8 Å². The van der Waals surface area contributed by atoms with Gasteiger partial charge in [0.2, 0.25) is 11.8 Å². The van der Waals surface area contributed by atoms with Gasteiger partial charge in [0.25, 0.3) is 0 Å². The molecule has 0 spiro atoms. The number of carbonyl (C=O) groups excluding carboxylic acids is 2. The maximum Gasteiger partial charge on any atom is 0.246 e. The predicted molar refractivity (Wildman–Crippen MR) is 113 cm³/mol. The minimum atomic E-state index is 0.0111. The molecule has 0 radical (unpaired) electrons. The molecule has 0 aliphatic carbocycles. The van der Waals surface area contributed by atoms with E-state index in [0.29, 0.717) is 30.5 Å². The second-order valence-electron chi connectivity index (χ2n) is 8.19. The molecule has 0 bridgehead atoms. The lowest BCUT2D eigenvalue weighted by Crippen LogP contribution is -2.31. The van der Waals surface area contributed by atoms with Crippen molar-refractivity contribution >= 4 is 35.0 Å². The van der Waals surface area contributed by atoms with Crippen LogP contribution in [0.1, 0.15) is 22.4 Å². The summed E-state index contributed by atoms with van der Waals surface area (Å²) in [5.41, 5.74) is 1.93. The summed E-state index contributed by atoms with van der Waals surface area (Å²) in [5.74, 6) is 1.90. The highest BCUT2D eigenvalue weighted by Gasteiger charge is 2.40. The van der Waals surface area contributed by atoms with E-state index in [1.807, 2.05) is 28.4 Å². The number of carbonyl (C=O) groups is 2. The van der Waals surface area contributed by atoms with Crippen molar-refractivity contribution in [2.45, 2.75) is 19.4 Å². The Bertz CT molecular complexity index is 942. The van der Waals surface area contributed by atoms with Crippen LogP contribution < -0.4 is 5.32 Å². The molecule has 29 heavy (non-hydrogen) atoms. The number of pyridine rings is 1. The topological polar surface area (TPSA) is 65.5 Å². The molecule has 0 saturated carbocycles. The summed E-state index contributed by atoms with van der Waals surface area (Å²) in [7, 11) is 0. The normalized spacial score (nSPS) is 24.0. The molecule has 3 aliphatic heterocycles. The van der Waals surface area contributed by atoms with E-state index < -0.39 is 0 Å². The van der Waals surface area contributed by atoms with Gasteiger partial charge in [-0.3, -0.25) is 14.5 Å². The third-order valence-electron chi connectivity index (χ3n) is 6.12. The van der Waals surface area contributed by atoms with Crippen LogP contribution in [0.2, 0.25) is 0 Å². The molecular formula is C22H24N4O2S. The smallest absolute Gasteiger partial charge is 0.246 e. The number of hydrogen-bond donors (Lipinski definition) is 1. The highest BCUT2D eigenvalue weighted by atomic mass is 32.1. The quantitative estimate of drug-likeness (QED) is 0.790. The van der Waals surface area contributed by atoms with Crippen LogP contribution in [0, 0.1) is 11.8 Å². The number of fused-ring (bicyclic) bond motifs is 2. The summed E-state index contributed by atoms with van der Waals surface area (Å²) < 4.78 is 0. The Hall–Kier alpha value is -2.51. The van der Waals surface area contributed by atoms with E-state index in [2.05, 4.69) is 32.7 Å². The van der Waals surface area contributed by atoms with Crippen LogP contribution in [-0.4, -0.2) is 52.8 Å². The van der Waals surface area contributed by atoms with Gasteiger partial charge in [-0.25, -0.2) is 4.98 Å². The van der Waals surface area contributed by atoms with Crippen LogP contribution in [0.5, 0.6) is 0 Å². The molecule has 2 amide bonds. The largest absolute Gasteiger partial charge is 0.338 e. The van der Waals surface area contributed by atoms with E-state index in [1.54, 1.807) is 12.3 Å². The zero-order chi connectivity index (χ0) is 19.8. The summed E-state index contributed by atoms with van der Waals surface area (Å²) in [6.07, 6.45) is 6.38. The molecule has 5 rings (SSSR count).